The summed E-state index contributed by atoms with van der Waals surface area (Å²) < 4.78 is 27.4. The molecule has 3 N–H and O–H groups in total. The van der Waals surface area contributed by atoms with E-state index < -0.39 is 35.5 Å². The summed E-state index contributed by atoms with van der Waals surface area (Å²) >= 11 is 11.9. The van der Waals surface area contributed by atoms with Gasteiger partial charge in [-0.05, 0) is 49.1 Å². The van der Waals surface area contributed by atoms with Crippen molar-refractivity contribution >= 4 is 46.5 Å². The van der Waals surface area contributed by atoms with Crippen molar-refractivity contribution in [1.82, 2.24) is 5.32 Å². The fourth-order valence-corrected chi connectivity index (χ4v) is 3.72. The molecule has 1 amide bonds. The molecular weight excluding hydrogens is 487 g/mol. The van der Waals surface area contributed by atoms with Gasteiger partial charge in [0.15, 0.2) is 0 Å². The fraction of sp³-hybridized carbons (Fsp3) is 0.333. The van der Waals surface area contributed by atoms with Gasteiger partial charge in [-0.25, -0.2) is 13.6 Å². The zero-order chi connectivity index (χ0) is 25.6. The highest BCUT2D eigenvalue weighted by molar-refractivity contribution is 6.42. The molecule has 0 aromatic heterocycles. The summed E-state index contributed by atoms with van der Waals surface area (Å²) in [5, 5.41) is 20.9. The van der Waals surface area contributed by atoms with Gasteiger partial charge in [0.1, 0.15) is 5.92 Å². The van der Waals surface area contributed by atoms with Crippen molar-refractivity contribution in [2.75, 3.05) is 7.05 Å². The Balaban J connectivity index is 2.27. The zero-order valence-corrected chi connectivity index (χ0v) is 20.2. The molecule has 0 radical (unpaired) electrons. The summed E-state index contributed by atoms with van der Waals surface area (Å²) in [5.41, 5.74) is -0.889. The van der Waals surface area contributed by atoms with Crippen molar-refractivity contribution in [3.63, 3.8) is 0 Å². The van der Waals surface area contributed by atoms with Crippen LogP contribution in [0.4, 0.5) is 8.78 Å². The third-order valence-corrected chi connectivity index (χ3v) is 6.25. The average molecular weight is 512 g/mol. The number of carboxylic acids is 1. The van der Waals surface area contributed by atoms with Crippen LogP contribution in [-0.2, 0) is 16.0 Å². The van der Waals surface area contributed by atoms with E-state index in [2.05, 4.69) is 16.9 Å². The molecule has 0 heterocycles. The smallest absolute Gasteiger partial charge is 0.335 e. The maximum Gasteiger partial charge on any atom is 0.335 e. The average Bonchev–Trinajstić information content (AvgIpc) is 3.54. The van der Waals surface area contributed by atoms with E-state index in [0.717, 1.165) is 7.05 Å². The van der Waals surface area contributed by atoms with Crippen molar-refractivity contribution in [1.29, 1.82) is 5.41 Å². The lowest BCUT2D eigenvalue weighted by molar-refractivity contribution is -0.132. The van der Waals surface area contributed by atoms with Crippen LogP contribution in [0, 0.1) is 11.3 Å². The SMILES string of the molecule is C=C(C=CC(=CC)C(=O)O)C1(NC(=O)C(C(=N)Cc2ccc(Cl)c(Cl)c2)C(=NC)C(F)F)CC1. The number of alkyl halides is 2. The van der Waals surface area contributed by atoms with Crippen molar-refractivity contribution in [2.45, 2.75) is 38.2 Å². The third-order valence-electron chi connectivity index (χ3n) is 5.52. The first-order valence-electron chi connectivity index (χ1n) is 10.3. The van der Waals surface area contributed by atoms with E-state index in [-0.39, 0.29) is 22.7 Å². The molecule has 1 saturated carbocycles. The van der Waals surface area contributed by atoms with Gasteiger partial charge < -0.3 is 15.8 Å². The van der Waals surface area contributed by atoms with Gasteiger partial charge in [-0.15, -0.1) is 0 Å². The van der Waals surface area contributed by atoms with Crippen molar-refractivity contribution in [3.8, 4) is 0 Å². The van der Waals surface area contributed by atoms with E-state index in [1.165, 1.54) is 30.4 Å². The van der Waals surface area contributed by atoms with Gasteiger partial charge in [0.25, 0.3) is 6.43 Å². The molecule has 182 valence electrons. The Hall–Kier alpha value is -2.84. The van der Waals surface area contributed by atoms with E-state index in [0.29, 0.717) is 29.0 Å². The van der Waals surface area contributed by atoms with Crippen LogP contribution in [-0.4, -0.2) is 47.4 Å². The van der Waals surface area contributed by atoms with Crippen LogP contribution in [0.5, 0.6) is 0 Å². The molecule has 1 aliphatic carbocycles. The van der Waals surface area contributed by atoms with Crippen LogP contribution in [0.2, 0.25) is 10.0 Å². The summed E-state index contributed by atoms with van der Waals surface area (Å²) in [7, 11) is 1.15. The summed E-state index contributed by atoms with van der Waals surface area (Å²) in [6, 6.07) is 4.63. The van der Waals surface area contributed by atoms with Gasteiger partial charge in [0.05, 0.1) is 26.9 Å². The topological polar surface area (TPSA) is 103 Å². The standard InChI is InChI=1S/C24H25Cl2F2N3O3/c1-4-15(23(33)34)7-5-13(2)24(9-10-24)31-22(32)19(20(30-3)21(27)28)18(29)12-14-6-8-16(25)17(26)11-14/h4-8,11,19,21,29H,2,9-10,12H2,1,3H3,(H,31,32)(H,33,34). The van der Waals surface area contributed by atoms with Gasteiger partial charge in [0, 0.05) is 19.2 Å². The molecule has 1 fully saturated rings. The Morgan fingerprint density at radius 1 is 1.29 bits per heavy atom. The Bertz CT molecular complexity index is 1090. The first-order chi connectivity index (χ1) is 16.0. The number of carbonyl (C=O) groups excluding carboxylic acids is 1. The Morgan fingerprint density at radius 3 is 2.41 bits per heavy atom. The second-order valence-electron chi connectivity index (χ2n) is 7.81. The lowest BCUT2D eigenvalue weighted by Gasteiger charge is -2.24. The minimum atomic E-state index is -3.04. The van der Waals surface area contributed by atoms with Gasteiger partial charge >= 0.3 is 5.97 Å². The van der Waals surface area contributed by atoms with Gasteiger partial charge in [-0.3, -0.25) is 9.79 Å². The van der Waals surface area contributed by atoms with Crippen LogP contribution in [0.25, 0.3) is 0 Å². The molecule has 1 unspecified atom stereocenters. The summed E-state index contributed by atoms with van der Waals surface area (Å²) in [5.74, 6) is -3.52. The molecule has 1 atom stereocenters. The maximum absolute atomic E-state index is 13.7. The van der Waals surface area contributed by atoms with Crippen LogP contribution < -0.4 is 5.32 Å². The number of hydrogen-bond acceptors (Lipinski definition) is 4. The first-order valence-corrected chi connectivity index (χ1v) is 11.1. The number of hydrogen-bond donors (Lipinski definition) is 3. The number of benzene rings is 1. The molecule has 0 spiro atoms. The number of allylic oxidation sites excluding steroid dienone is 1. The molecule has 0 aliphatic heterocycles. The minimum Gasteiger partial charge on any atom is -0.478 e. The first kappa shape index (κ1) is 27.4. The molecule has 1 aliphatic rings. The molecule has 1 aromatic rings. The number of aliphatic carboxylic acids is 1. The van der Waals surface area contributed by atoms with Crippen molar-refractivity contribution < 1.29 is 23.5 Å². The highest BCUT2D eigenvalue weighted by Gasteiger charge is 2.48. The molecule has 1 aromatic carbocycles. The Morgan fingerprint density at radius 2 is 1.94 bits per heavy atom. The normalized spacial score (nSPS) is 16.4. The van der Waals surface area contributed by atoms with Crippen LogP contribution in [0.1, 0.15) is 25.3 Å². The molecule has 34 heavy (non-hydrogen) atoms. The highest BCUT2D eigenvalue weighted by atomic mass is 35.5. The second kappa shape index (κ2) is 11.5. The van der Waals surface area contributed by atoms with Gasteiger partial charge in [0.2, 0.25) is 5.91 Å². The number of rotatable bonds is 11. The molecule has 10 heteroatoms. The van der Waals surface area contributed by atoms with E-state index in [1.807, 2.05) is 0 Å². The number of carbonyl (C=O) groups is 2. The summed E-state index contributed by atoms with van der Waals surface area (Å²) in [4.78, 5) is 27.9. The lowest BCUT2D eigenvalue weighted by Crippen LogP contribution is -2.48. The lowest BCUT2D eigenvalue weighted by atomic mass is 9.90. The van der Waals surface area contributed by atoms with E-state index >= 15 is 0 Å². The number of nitrogens with one attached hydrogen (secondary N) is 2. The predicted octanol–water partition coefficient (Wildman–Crippen LogP) is 5.30. The van der Waals surface area contributed by atoms with Crippen LogP contribution in [0.3, 0.4) is 0 Å². The predicted molar refractivity (Wildman–Crippen MR) is 131 cm³/mol. The minimum absolute atomic E-state index is 0.0441. The number of nitrogens with zero attached hydrogens (tertiary/aromatic N) is 1. The molecule has 2 rings (SSSR count). The largest absolute Gasteiger partial charge is 0.478 e. The zero-order valence-electron chi connectivity index (χ0n) is 18.7. The van der Waals surface area contributed by atoms with Crippen molar-refractivity contribution in [2.24, 2.45) is 10.9 Å². The fourth-order valence-electron chi connectivity index (χ4n) is 3.40. The molecular formula is C24H25Cl2F2N3O3. The van der Waals surface area contributed by atoms with E-state index in [9.17, 15) is 18.4 Å². The quantitative estimate of drug-likeness (QED) is 0.213. The number of carboxylic acid groups (broad SMARTS) is 1. The Kier molecular flexibility index (Phi) is 9.29. The highest BCUT2D eigenvalue weighted by Crippen LogP contribution is 2.42. The van der Waals surface area contributed by atoms with Crippen molar-refractivity contribution in [3.05, 3.63) is 69.8 Å². The monoisotopic (exact) mass is 511 g/mol. The third kappa shape index (κ3) is 6.61. The molecule has 0 bridgehead atoms. The van der Waals surface area contributed by atoms with Gasteiger partial charge in [-0.2, -0.15) is 0 Å². The van der Waals surface area contributed by atoms with Gasteiger partial charge in [-0.1, -0.05) is 48.0 Å². The number of aliphatic imine (C=N–C) groups is 1. The maximum atomic E-state index is 13.7. The Labute approximate surface area is 206 Å². The second-order valence-corrected chi connectivity index (χ2v) is 8.63. The molecule has 6 nitrogen and oxygen atoms in total. The molecule has 0 saturated heterocycles. The van der Waals surface area contributed by atoms with E-state index in [1.54, 1.807) is 13.0 Å². The number of amides is 1. The summed E-state index contributed by atoms with van der Waals surface area (Å²) in [6.45, 7) is 5.49. The summed E-state index contributed by atoms with van der Waals surface area (Å²) in [6.07, 6.45) is 2.10. The number of halogens is 4. The van der Waals surface area contributed by atoms with E-state index in [4.69, 9.17) is 33.7 Å². The van der Waals surface area contributed by atoms with Crippen LogP contribution in [0.15, 0.2) is 59.1 Å². The van der Waals surface area contributed by atoms with Crippen LogP contribution >= 0.6 is 23.2 Å².